The second kappa shape index (κ2) is 5.61. The summed E-state index contributed by atoms with van der Waals surface area (Å²) < 4.78 is 0. The van der Waals surface area contributed by atoms with Crippen molar-refractivity contribution in [2.24, 2.45) is 0 Å². The lowest BCUT2D eigenvalue weighted by molar-refractivity contribution is 0.538. The summed E-state index contributed by atoms with van der Waals surface area (Å²) in [6.45, 7) is 4.32. The van der Waals surface area contributed by atoms with E-state index in [1.54, 1.807) is 0 Å². The molecule has 3 rings (SSSR count). The van der Waals surface area contributed by atoms with E-state index in [0.29, 0.717) is 5.92 Å². The van der Waals surface area contributed by atoms with Gasteiger partial charge in [-0.1, -0.05) is 42.5 Å². The van der Waals surface area contributed by atoms with Crippen molar-refractivity contribution in [3.05, 3.63) is 70.3 Å². The van der Waals surface area contributed by atoms with Crippen molar-refractivity contribution in [1.82, 2.24) is 0 Å². The maximum Gasteiger partial charge on any atom is 0.0653 e. The number of hydrogen-bond donors (Lipinski definition) is 0. The second-order valence-corrected chi connectivity index (χ2v) is 6.41. The number of hydrogen-bond acceptors (Lipinski definition) is 0. The first kappa shape index (κ1) is 13.7. The lowest BCUT2D eigenvalue weighted by Gasteiger charge is -2.29. The van der Waals surface area contributed by atoms with E-state index >= 15 is 0 Å². The Morgan fingerprint density at radius 3 is 2.65 bits per heavy atom. The first-order chi connectivity index (χ1) is 9.66. The van der Waals surface area contributed by atoms with Crippen molar-refractivity contribution in [1.29, 1.82) is 0 Å². The summed E-state index contributed by atoms with van der Waals surface area (Å²) in [5.41, 5.74) is 6.87. The topological polar surface area (TPSA) is 0 Å². The molecule has 0 fully saturated rings. The van der Waals surface area contributed by atoms with Crippen LogP contribution in [-0.2, 0) is 6.42 Å². The van der Waals surface area contributed by atoms with Gasteiger partial charge in [0.2, 0.25) is 0 Å². The third kappa shape index (κ3) is 2.50. The van der Waals surface area contributed by atoms with Gasteiger partial charge >= 0.3 is 0 Å². The van der Waals surface area contributed by atoms with Crippen LogP contribution in [0.4, 0.5) is 0 Å². The first-order valence-corrected chi connectivity index (χ1v) is 7.89. The molecular weight excluding hydrogens is 264 g/mol. The van der Waals surface area contributed by atoms with Crippen molar-refractivity contribution < 1.29 is 0 Å². The molecule has 0 saturated heterocycles. The van der Waals surface area contributed by atoms with Gasteiger partial charge in [0, 0.05) is 5.92 Å². The summed E-state index contributed by atoms with van der Waals surface area (Å²) in [7, 11) is 0. The van der Waals surface area contributed by atoms with Gasteiger partial charge in [0.05, 0.1) is 5.38 Å². The molecule has 104 valence electrons. The SMILES string of the molecule is Cc1ccc(C(Cl)C2CCCc3ccccc32)cc1C. The van der Waals surface area contributed by atoms with Gasteiger partial charge in [0.1, 0.15) is 0 Å². The second-order valence-electron chi connectivity index (χ2n) is 5.94. The number of rotatable bonds is 2. The summed E-state index contributed by atoms with van der Waals surface area (Å²) in [6, 6.07) is 15.4. The van der Waals surface area contributed by atoms with Gasteiger partial charge < -0.3 is 0 Å². The Morgan fingerprint density at radius 2 is 1.85 bits per heavy atom. The van der Waals surface area contributed by atoms with Gasteiger partial charge in [-0.3, -0.25) is 0 Å². The zero-order valence-electron chi connectivity index (χ0n) is 12.2. The van der Waals surface area contributed by atoms with E-state index < -0.39 is 0 Å². The minimum Gasteiger partial charge on any atom is -0.117 e. The molecule has 0 N–H and O–H groups in total. The van der Waals surface area contributed by atoms with Crippen LogP contribution >= 0.6 is 11.6 Å². The Balaban J connectivity index is 1.95. The zero-order chi connectivity index (χ0) is 14.1. The van der Waals surface area contributed by atoms with Gasteiger partial charge in [-0.2, -0.15) is 0 Å². The quantitative estimate of drug-likeness (QED) is 0.620. The Bertz CT molecular complexity index is 615. The highest BCUT2D eigenvalue weighted by Crippen LogP contribution is 2.44. The molecule has 2 aromatic carbocycles. The van der Waals surface area contributed by atoms with E-state index in [4.69, 9.17) is 11.6 Å². The van der Waals surface area contributed by atoms with Crippen LogP contribution in [0.1, 0.15) is 52.0 Å². The van der Waals surface area contributed by atoms with E-state index in [2.05, 4.69) is 56.3 Å². The average Bonchev–Trinajstić information content (AvgIpc) is 2.49. The molecule has 0 amide bonds. The fraction of sp³-hybridized carbons (Fsp3) is 0.368. The Morgan fingerprint density at radius 1 is 1.05 bits per heavy atom. The highest BCUT2D eigenvalue weighted by atomic mass is 35.5. The molecule has 0 radical (unpaired) electrons. The van der Waals surface area contributed by atoms with Gasteiger partial charge in [-0.15, -0.1) is 11.6 Å². The van der Waals surface area contributed by atoms with Crippen LogP contribution < -0.4 is 0 Å². The highest BCUT2D eigenvalue weighted by molar-refractivity contribution is 6.21. The first-order valence-electron chi connectivity index (χ1n) is 7.46. The molecule has 1 aliphatic rings. The van der Waals surface area contributed by atoms with Gasteiger partial charge in [0.25, 0.3) is 0 Å². The predicted molar refractivity (Wildman–Crippen MR) is 86.6 cm³/mol. The molecular formula is C19H21Cl. The molecule has 1 aliphatic carbocycles. The fourth-order valence-corrected chi connectivity index (χ4v) is 3.66. The maximum atomic E-state index is 6.84. The van der Waals surface area contributed by atoms with Crippen molar-refractivity contribution in [2.75, 3.05) is 0 Å². The molecule has 20 heavy (non-hydrogen) atoms. The smallest absolute Gasteiger partial charge is 0.0653 e. The third-order valence-corrected chi connectivity index (χ3v) is 5.17. The summed E-state index contributed by atoms with van der Waals surface area (Å²) in [5.74, 6) is 0.448. The predicted octanol–water partition coefficient (Wildman–Crippen LogP) is 5.70. The van der Waals surface area contributed by atoms with Crippen LogP contribution in [0.15, 0.2) is 42.5 Å². The van der Waals surface area contributed by atoms with E-state index in [-0.39, 0.29) is 5.38 Å². The van der Waals surface area contributed by atoms with Crippen LogP contribution in [0.5, 0.6) is 0 Å². The molecule has 1 heteroatoms. The van der Waals surface area contributed by atoms with Gasteiger partial charge in [-0.05, 0) is 60.9 Å². The van der Waals surface area contributed by atoms with E-state index in [1.165, 1.54) is 47.1 Å². The fourth-order valence-electron chi connectivity index (χ4n) is 3.26. The number of alkyl halides is 1. The molecule has 2 unspecified atom stereocenters. The van der Waals surface area contributed by atoms with Crippen molar-refractivity contribution in [3.8, 4) is 0 Å². The van der Waals surface area contributed by atoms with Crippen LogP contribution in [0, 0.1) is 13.8 Å². The summed E-state index contributed by atoms with van der Waals surface area (Å²) in [4.78, 5) is 0. The van der Waals surface area contributed by atoms with Crippen molar-refractivity contribution in [3.63, 3.8) is 0 Å². The van der Waals surface area contributed by atoms with Gasteiger partial charge in [0.15, 0.2) is 0 Å². The number of benzene rings is 2. The van der Waals surface area contributed by atoms with E-state index in [0.717, 1.165) is 0 Å². The lowest BCUT2D eigenvalue weighted by atomic mass is 9.79. The summed E-state index contributed by atoms with van der Waals surface area (Å²) >= 11 is 6.84. The molecule has 0 spiro atoms. The lowest BCUT2D eigenvalue weighted by Crippen LogP contribution is -2.14. The van der Waals surface area contributed by atoms with Crippen LogP contribution in [0.3, 0.4) is 0 Å². The molecule has 0 aliphatic heterocycles. The largest absolute Gasteiger partial charge is 0.117 e. The Kier molecular flexibility index (Phi) is 3.85. The van der Waals surface area contributed by atoms with Crippen LogP contribution in [0.25, 0.3) is 0 Å². The highest BCUT2D eigenvalue weighted by Gasteiger charge is 2.27. The molecule has 0 bridgehead atoms. The molecule has 0 saturated carbocycles. The van der Waals surface area contributed by atoms with E-state index in [9.17, 15) is 0 Å². The van der Waals surface area contributed by atoms with Crippen molar-refractivity contribution >= 4 is 11.6 Å². The molecule has 2 atom stereocenters. The maximum absolute atomic E-state index is 6.84. The third-order valence-electron chi connectivity index (χ3n) is 4.62. The van der Waals surface area contributed by atoms with Crippen molar-refractivity contribution in [2.45, 2.75) is 44.4 Å². The summed E-state index contributed by atoms with van der Waals surface area (Å²) in [6.07, 6.45) is 3.64. The minimum absolute atomic E-state index is 0.0794. The number of halogens is 1. The zero-order valence-corrected chi connectivity index (χ0v) is 13.0. The molecule has 0 nitrogen and oxygen atoms in total. The normalized spacial score (nSPS) is 19.4. The number of fused-ring (bicyclic) bond motifs is 1. The van der Waals surface area contributed by atoms with Gasteiger partial charge in [-0.25, -0.2) is 0 Å². The minimum atomic E-state index is 0.0794. The Hall–Kier alpha value is -1.27. The van der Waals surface area contributed by atoms with Crippen LogP contribution in [0.2, 0.25) is 0 Å². The molecule has 0 heterocycles. The Labute approximate surface area is 126 Å². The van der Waals surface area contributed by atoms with E-state index in [1.807, 2.05) is 0 Å². The van der Waals surface area contributed by atoms with Crippen LogP contribution in [-0.4, -0.2) is 0 Å². The molecule has 0 aromatic heterocycles. The molecule has 2 aromatic rings. The average molecular weight is 285 g/mol. The number of aryl methyl sites for hydroxylation is 3. The summed E-state index contributed by atoms with van der Waals surface area (Å²) in [5, 5.41) is 0.0794. The monoisotopic (exact) mass is 284 g/mol. The standard InChI is InChI=1S/C19H21Cl/c1-13-10-11-16(12-14(13)2)19(20)18-9-5-7-15-6-3-4-8-17(15)18/h3-4,6,8,10-12,18-19H,5,7,9H2,1-2H3.